The van der Waals surface area contributed by atoms with Gasteiger partial charge in [0.15, 0.2) is 11.5 Å². The number of hydrogen-bond acceptors (Lipinski definition) is 6. The van der Waals surface area contributed by atoms with Gasteiger partial charge in [0.2, 0.25) is 5.91 Å². The number of aromatic nitrogens is 1. The summed E-state index contributed by atoms with van der Waals surface area (Å²) < 4.78 is 41.0. The fourth-order valence-corrected chi connectivity index (χ4v) is 3.91. The number of hydrogen-bond donors (Lipinski definition) is 2. The summed E-state index contributed by atoms with van der Waals surface area (Å²) in [7, 11) is 1.48. The lowest BCUT2D eigenvalue weighted by atomic mass is 9.94. The van der Waals surface area contributed by atoms with E-state index in [1.54, 1.807) is 30.3 Å². The molecule has 2 aromatic carbocycles. The molecule has 34 heavy (non-hydrogen) atoms. The Bertz CT molecular complexity index is 1310. The van der Waals surface area contributed by atoms with Crippen LogP contribution in [0.25, 0.3) is 11.3 Å². The van der Waals surface area contributed by atoms with Crippen LogP contribution in [0.1, 0.15) is 28.8 Å². The molecule has 8 nitrogen and oxygen atoms in total. The molecule has 1 aromatic heterocycles. The van der Waals surface area contributed by atoms with Crippen LogP contribution in [0.5, 0.6) is 17.2 Å². The van der Waals surface area contributed by atoms with Crippen molar-refractivity contribution in [3.05, 3.63) is 65.7 Å². The summed E-state index contributed by atoms with van der Waals surface area (Å²) in [5.41, 5.74) is 0.816. The second-order valence-corrected chi connectivity index (χ2v) is 8.00. The molecule has 0 saturated heterocycles. The van der Waals surface area contributed by atoms with Gasteiger partial charge in [0, 0.05) is 5.56 Å². The first-order valence-electron chi connectivity index (χ1n) is 10.3. The van der Waals surface area contributed by atoms with Gasteiger partial charge in [-0.3, -0.25) is 4.79 Å². The van der Waals surface area contributed by atoms with Gasteiger partial charge in [0.1, 0.15) is 17.3 Å². The van der Waals surface area contributed by atoms with Crippen molar-refractivity contribution in [2.45, 2.75) is 24.6 Å². The number of fused-ring (bicyclic) bond motifs is 1. The Hall–Kier alpha value is -4.21. The van der Waals surface area contributed by atoms with Crippen molar-refractivity contribution in [2.75, 3.05) is 12.4 Å². The fraction of sp³-hybridized carbons (Fsp3) is 0.208. The second-order valence-electron chi connectivity index (χ2n) is 8.00. The number of aromatic carboxylic acids is 1. The average molecular weight is 468 g/mol. The molecule has 0 bridgehead atoms. The standard InChI is InChI=1S/C24H18F2N2O6/c1-32-17-8-9-19(27-20(17)13-2-4-14(5-3-13)21(29)30)28-22(31)23(10-11-23)15-6-7-16-18(12-15)34-24(25,26)33-16/h2-9,12H,10-11H2,1H3,(H,29,30)(H,27,28,31). The van der Waals surface area contributed by atoms with Gasteiger partial charge < -0.3 is 24.6 Å². The lowest BCUT2D eigenvalue weighted by molar-refractivity contribution is -0.286. The minimum absolute atomic E-state index is 0.0830. The molecule has 1 aliphatic heterocycles. The van der Waals surface area contributed by atoms with Crippen molar-refractivity contribution < 1.29 is 37.7 Å². The summed E-state index contributed by atoms with van der Waals surface area (Å²) in [6.07, 6.45) is -2.66. The van der Waals surface area contributed by atoms with E-state index in [-0.39, 0.29) is 28.8 Å². The van der Waals surface area contributed by atoms with Gasteiger partial charge in [-0.2, -0.15) is 0 Å². The van der Waals surface area contributed by atoms with Gasteiger partial charge in [-0.1, -0.05) is 18.2 Å². The van der Waals surface area contributed by atoms with Crippen molar-refractivity contribution in [2.24, 2.45) is 0 Å². The Morgan fingerprint density at radius 2 is 1.74 bits per heavy atom. The number of benzene rings is 2. The molecule has 1 aliphatic carbocycles. The zero-order valence-corrected chi connectivity index (χ0v) is 17.8. The van der Waals surface area contributed by atoms with Crippen LogP contribution < -0.4 is 19.5 Å². The number of anilines is 1. The zero-order valence-electron chi connectivity index (χ0n) is 17.8. The molecule has 1 fully saturated rings. The molecule has 2 aliphatic rings. The summed E-state index contributed by atoms with van der Waals surface area (Å²) in [6, 6.07) is 13.7. The first-order chi connectivity index (χ1) is 16.2. The summed E-state index contributed by atoms with van der Waals surface area (Å²) in [4.78, 5) is 28.8. The quantitative estimate of drug-likeness (QED) is 0.551. The normalized spacial score (nSPS) is 16.6. The highest BCUT2D eigenvalue weighted by atomic mass is 19.3. The maximum atomic E-state index is 13.4. The topological polar surface area (TPSA) is 107 Å². The van der Waals surface area contributed by atoms with E-state index in [2.05, 4.69) is 19.8 Å². The minimum atomic E-state index is -3.73. The summed E-state index contributed by atoms with van der Waals surface area (Å²) >= 11 is 0. The van der Waals surface area contributed by atoms with Crippen LogP contribution in [0.4, 0.5) is 14.6 Å². The molecule has 1 saturated carbocycles. The van der Waals surface area contributed by atoms with Gasteiger partial charge in [0.05, 0.1) is 18.1 Å². The van der Waals surface area contributed by atoms with Crippen molar-refractivity contribution >= 4 is 17.7 Å². The van der Waals surface area contributed by atoms with Crippen LogP contribution in [0, 0.1) is 0 Å². The number of carbonyl (C=O) groups is 2. The van der Waals surface area contributed by atoms with Crippen molar-refractivity contribution in [3.63, 3.8) is 0 Å². The predicted molar refractivity (Wildman–Crippen MR) is 115 cm³/mol. The van der Waals surface area contributed by atoms with Crippen molar-refractivity contribution in [3.8, 4) is 28.5 Å². The highest BCUT2D eigenvalue weighted by Gasteiger charge is 2.53. The maximum absolute atomic E-state index is 13.4. The Balaban J connectivity index is 1.40. The van der Waals surface area contributed by atoms with E-state index >= 15 is 0 Å². The average Bonchev–Trinajstić information content (AvgIpc) is 3.56. The van der Waals surface area contributed by atoms with E-state index in [0.717, 1.165) is 0 Å². The largest absolute Gasteiger partial charge is 0.586 e. The number of alkyl halides is 2. The molecule has 2 N–H and O–H groups in total. The van der Waals surface area contributed by atoms with Gasteiger partial charge >= 0.3 is 12.3 Å². The number of methoxy groups -OCH3 is 1. The highest BCUT2D eigenvalue weighted by Crippen LogP contribution is 2.52. The first-order valence-corrected chi connectivity index (χ1v) is 10.3. The third-order valence-electron chi connectivity index (χ3n) is 5.86. The van der Waals surface area contributed by atoms with E-state index in [0.29, 0.717) is 35.4 Å². The number of pyridine rings is 1. The highest BCUT2D eigenvalue weighted by molar-refractivity contribution is 6.01. The van der Waals surface area contributed by atoms with Gasteiger partial charge in [-0.15, -0.1) is 8.78 Å². The number of carboxylic acid groups (broad SMARTS) is 1. The third kappa shape index (κ3) is 3.76. The number of carboxylic acids is 1. The Morgan fingerprint density at radius 3 is 2.38 bits per heavy atom. The van der Waals surface area contributed by atoms with Gasteiger partial charge in [-0.25, -0.2) is 9.78 Å². The molecule has 5 rings (SSSR count). The van der Waals surface area contributed by atoms with Gasteiger partial charge in [0.25, 0.3) is 0 Å². The Morgan fingerprint density at radius 1 is 1.03 bits per heavy atom. The molecular formula is C24H18F2N2O6. The number of nitrogens with zero attached hydrogens (tertiary/aromatic N) is 1. The van der Waals surface area contributed by atoms with E-state index in [9.17, 15) is 18.4 Å². The van der Waals surface area contributed by atoms with E-state index in [1.807, 2.05) is 0 Å². The first kappa shape index (κ1) is 21.6. The number of ether oxygens (including phenoxy) is 3. The molecule has 1 amide bonds. The minimum Gasteiger partial charge on any atom is -0.494 e. The molecule has 0 unspecified atom stereocenters. The van der Waals surface area contributed by atoms with Gasteiger partial charge in [-0.05, 0) is 54.8 Å². The maximum Gasteiger partial charge on any atom is 0.586 e. The number of halogens is 2. The molecule has 2 heterocycles. The third-order valence-corrected chi connectivity index (χ3v) is 5.86. The van der Waals surface area contributed by atoms with E-state index < -0.39 is 17.7 Å². The molecule has 10 heteroatoms. The number of carbonyl (C=O) groups excluding carboxylic acids is 1. The molecule has 3 aromatic rings. The molecule has 0 radical (unpaired) electrons. The zero-order chi connectivity index (χ0) is 24.1. The fourth-order valence-electron chi connectivity index (χ4n) is 3.91. The SMILES string of the molecule is COc1ccc(NC(=O)C2(c3ccc4c(c3)OC(F)(F)O4)CC2)nc1-c1ccc(C(=O)O)cc1. The number of nitrogens with one attached hydrogen (secondary N) is 1. The van der Waals surface area contributed by atoms with Crippen LogP contribution in [-0.4, -0.2) is 35.4 Å². The van der Waals surface area contributed by atoms with E-state index in [1.165, 1.54) is 31.4 Å². The molecule has 0 spiro atoms. The number of rotatable bonds is 6. The summed E-state index contributed by atoms with van der Waals surface area (Å²) in [5.74, 6) is -0.866. The molecule has 0 atom stereocenters. The Kier molecular flexibility index (Phi) is 4.89. The second kappa shape index (κ2) is 7.68. The lowest BCUT2D eigenvalue weighted by Crippen LogP contribution is -2.28. The van der Waals surface area contributed by atoms with Crippen LogP contribution in [0.15, 0.2) is 54.6 Å². The van der Waals surface area contributed by atoms with Crippen LogP contribution in [-0.2, 0) is 10.2 Å². The molecular weight excluding hydrogens is 450 g/mol. The summed E-state index contributed by atoms with van der Waals surface area (Å²) in [5, 5.41) is 11.9. The van der Waals surface area contributed by atoms with Crippen LogP contribution in [0.2, 0.25) is 0 Å². The summed E-state index contributed by atoms with van der Waals surface area (Å²) in [6.45, 7) is 0. The smallest absolute Gasteiger partial charge is 0.494 e. The Labute approximate surface area is 192 Å². The number of amides is 1. The predicted octanol–water partition coefficient (Wildman–Crippen LogP) is 4.45. The molecule has 174 valence electrons. The van der Waals surface area contributed by atoms with Crippen LogP contribution in [0.3, 0.4) is 0 Å². The van der Waals surface area contributed by atoms with Crippen molar-refractivity contribution in [1.29, 1.82) is 0 Å². The monoisotopic (exact) mass is 468 g/mol. The lowest BCUT2D eigenvalue weighted by Gasteiger charge is -2.17. The van der Waals surface area contributed by atoms with E-state index in [4.69, 9.17) is 9.84 Å². The van der Waals surface area contributed by atoms with Crippen LogP contribution >= 0.6 is 0 Å². The van der Waals surface area contributed by atoms with Crippen molar-refractivity contribution in [1.82, 2.24) is 4.98 Å².